The van der Waals surface area contributed by atoms with Crippen molar-refractivity contribution in [2.45, 2.75) is 44.7 Å². The Balaban J connectivity index is 2.59. The van der Waals surface area contributed by atoms with E-state index in [4.69, 9.17) is 9.47 Å². The molecule has 2 unspecified atom stereocenters. The molecule has 1 saturated heterocycles. The van der Waals surface area contributed by atoms with E-state index in [1.807, 2.05) is 26.0 Å². The van der Waals surface area contributed by atoms with Gasteiger partial charge in [-0.2, -0.15) is 0 Å². The van der Waals surface area contributed by atoms with E-state index in [1.54, 1.807) is 0 Å². The number of hydrogen-bond donors (Lipinski definition) is 0. The average molecular weight is 182 g/mol. The maximum atomic E-state index is 5.71. The molecule has 2 nitrogen and oxygen atoms in total. The molecule has 0 N–H and O–H groups in total. The Morgan fingerprint density at radius 1 is 1.08 bits per heavy atom. The Hall–Kier alpha value is -0.600. The molecule has 2 atom stereocenters. The van der Waals surface area contributed by atoms with Crippen LogP contribution in [0, 0.1) is 0 Å². The molecule has 1 rings (SSSR count). The van der Waals surface area contributed by atoms with E-state index in [0.29, 0.717) is 0 Å². The van der Waals surface area contributed by atoms with Crippen LogP contribution >= 0.6 is 0 Å². The van der Waals surface area contributed by atoms with E-state index >= 15 is 0 Å². The summed E-state index contributed by atoms with van der Waals surface area (Å²) in [6.45, 7) is 11.3. The van der Waals surface area contributed by atoms with Crippen molar-refractivity contribution < 1.29 is 9.47 Å². The molecule has 0 radical (unpaired) electrons. The lowest BCUT2D eigenvalue weighted by Crippen LogP contribution is -2.21. The lowest BCUT2D eigenvalue weighted by Gasteiger charge is -2.16. The maximum absolute atomic E-state index is 5.71. The molecule has 0 bridgehead atoms. The van der Waals surface area contributed by atoms with E-state index < -0.39 is 5.79 Å². The summed E-state index contributed by atoms with van der Waals surface area (Å²) in [5.41, 5.74) is 0. The molecule has 13 heavy (non-hydrogen) atoms. The summed E-state index contributed by atoms with van der Waals surface area (Å²) < 4.78 is 11.4. The second-order valence-corrected chi connectivity index (χ2v) is 3.76. The zero-order valence-corrected chi connectivity index (χ0v) is 8.45. The lowest BCUT2D eigenvalue weighted by atomic mass is 10.1. The van der Waals surface area contributed by atoms with Crippen molar-refractivity contribution in [1.82, 2.24) is 0 Å². The van der Waals surface area contributed by atoms with Crippen LogP contribution in [-0.2, 0) is 9.47 Å². The Kier molecular flexibility index (Phi) is 3.28. The summed E-state index contributed by atoms with van der Waals surface area (Å²) in [6.07, 6.45) is 5.66. The quantitative estimate of drug-likeness (QED) is 0.622. The molecule has 2 heteroatoms. The topological polar surface area (TPSA) is 18.5 Å². The Morgan fingerprint density at radius 2 is 1.46 bits per heavy atom. The molecule has 74 valence electrons. The summed E-state index contributed by atoms with van der Waals surface area (Å²) in [5.74, 6) is -0.457. The zero-order chi connectivity index (χ0) is 9.90. The van der Waals surface area contributed by atoms with E-state index in [-0.39, 0.29) is 12.2 Å². The van der Waals surface area contributed by atoms with Crippen LogP contribution in [0.15, 0.2) is 25.3 Å². The predicted molar refractivity (Wildman–Crippen MR) is 53.5 cm³/mol. The molecule has 0 aromatic carbocycles. The monoisotopic (exact) mass is 182 g/mol. The fraction of sp³-hybridized carbons (Fsp3) is 0.636. The molecular weight excluding hydrogens is 164 g/mol. The second-order valence-electron chi connectivity index (χ2n) is 3.76. The molecule has 0 saturated carbocycles. The summed E-state index contributed by atoms with van der Waals surface area (Å²) in [6, 6.07) is 0. The normalized spacial score (nSPS) is 31.5. The van der Waals surface area contributed by atoms with Crippen LogP contribution in [0.5, 0.6) is 0 Å². The highest BCUT2D eigenvalue weighted by molar-refractivity contribution is 4.89. The molecule has 0 aromatic heterocycles. The summed E-state index contributed by atoms with van der Waals surface area (Å²) in [7, 11) is 0. The van der Waals surface area contributed by atoms with Crippen LogP contribution in [0.3, 0.4) is 0 Å². The Labute approximate surface area is 80.2 Å². The van der Waals surface area contributed by atoms with Crippen molar-refractivity contribution in [3.63, 3.8) is 0 Å². The van der Waals surface area contributed by atoms with Gasteiger partial charge in [0.25, 0.3) is 0 Å². The van der Waals surface area contributed by atoms with Crippen molar-refractivity contribution in [1.29, 1.82) is 0 Å². The van der Waals surface area contributed by atoms with Gasteiger partial charge in [-0.3, -0.25) is 0 Å². The van der Waals surface area contributed by atoms with Crippen LogP contribution in [0.25, 0.3) is 0 Å². The van der Waals surface area contributed by atoms with Crippen LogP contribution in [0.4, 0.5) is 0 Å². The van der Waals surface area contributed by atoms with Gasteiger partial charge >= 0.3 is 0 Å². The van der Waals surface area contributed by atoms with Crippen molar-refractivity contribution in [3.05, 3.63) is 25.3 Å². The summed E-state index contributed by atoms with van der Waals surface area (Å²) >= 11 is 0. The standard InChI is InChI=1S/C11H18O2/c1-5-7-9-10(8-6-2)13-11(3,4)12-9/h5-6,9-10H,1-2,7-8H2,3-4H3. The molecule has 1 aliphatic rings. The highest BCUT2D eigenvalue weighted by atomic mass is 16.7. The van der Waals surface area contributed by atoms with Crippen molar-refractivity contribution in [2.75, 3.05) is 0 Å². The highest BCUT2D eigenvalue weighted by Crippen LogP contribution is 2.31. The van der Waals surface area contributed by atoms with E-state index in [2.05, 4.69) is 13.2 Å². The second kappa shape index (κ2) is 4.07. The van der Waals surface area contributed by atoms with Gasteiger partial charge in [-0.25, -0.2) is 0 Å². The lowest BCUT2D eigenvalue weighted by molar-refractivity contribution is -0.145. The first-order chi connectivity index (χ1) is 6.09. The first-order valence-corrected chi connectivity index (χ1v) is 4.66. The minimum Gasteiger partial charge on any atom is -0.344 e. The fourth-order valence-corrected chi connectivity index (χ4v) is 1.64. The van der Waals surface area contributed by atoms with Gasteiger partial charge in [-0.1, -0.05) is 12.2 Å². The molecule has 0 aromatic rings. The van der Waals surface area contributed by atoms with Crippen molar-refractivity contribution in [3.8, 4) is 0 Å². The van der Waals surface area contributed by atoms with Crippen LogP contribution in [0.1, 0.15) is 26.7 Å². The first-order valence-electron chi connectivity index (χ1n) is 4.66. The van der Waals surface area contributed by atoms with E-state index in [1.165, 1.54) is 0 Å². The first kappa shape index (κ1) is 10.5. The minimum absolute atomic E-state index is 0.130. The molecule has 0 spiro atoms. The number of rotatable bonds is 4. The van der Waals surface area contributed by atoms with Gasteiger partial charge in [0.15, 0.2) is 5.79 Å². The Morgan fingerprint density at radius 3 is 1.77 bits per heavy atom. The van der Waals surface area contributed by atoms with Crippen molar-refractivity contribution >= 4 is 0 Å². The van der Waals surface area contributed by atoms with Gasteiger partial charge in [0.2, 0.25) is 0 Å². The van der Waals surface area contributed by atoms with Crippen LogP contribution in [-0.4, -0.2) is 18.0 Å². The summed E-state index contributed by atoms with van der Waals surface area (Å²) in [5, 5.41) is 0. The highest BCUT2D eigenvalue weighted by Gasteiger charge is 2.39. The van der Waals surface area contributed by atoms with Crippen LogP contribution in [0.2, 0.25) is 0 Å². The molecule has 1 aliphatic heterocycles. The smallest absolute Gasteiger partial charge is 0.163 e. The number of ether oxygens (including phenoxy) is 2. The molecular formula is C11H18O2. The van der Waals surface area contributed by atoms with Gasteiger partial charge in [0.1, 0.15) is 0 Å². The molecule has 1 heterocycles. The third-order valence-corrected chi connectivity index (χ3v) is 2.08. The van der Waals surface area contributed by atoms with E-state index in [9.17, 15) is 0 Å². The van der Waals surface area contributed by atoms with Gasteiger partial charge < -0.3 is 9.47 Å². The van der Waals surface area contributed by atoms with Gasteiger partial charge in [-0.05, 0) is 26.7 Å². The Bertz CT molecular complexity index is 176. The largest absolute Gasteiger partial charge is 0.344 e. The zero-order valence-electron chi connectivity index (χ0n) is 8.45. The SMILES string of the molecule is C=CCC1OC(C)(C)OC1CC=C. The fourth-order valence-electron chi connectivity index (χ4n) is 1.64. The third-order valence-electron chi connectivity index (χ3n) is 2.08. The third kappa shape index (κ3) is 2.68. The molecule has 0 aliphatic carbocycles. The average Bonchev–Trinajstić information content (AvgIpc) is 2.28. The minimum atomic E-state index is -0.457. The summed E-state index contributed by atoms with van der Waals surface area (Å²) in [4.78, 5) is 0. The van der Waals surface area contributed by atoms with Gasteiger partial charge in [-0.15, -0.1) is 13.2 Å². The van der Waals surface area contributed by atoms with E-state index in [0.717, 1.165) is 12.8 Å². The molecule has 1 fully saturated rings. The molecule has 0 amide bonds. The van der Waals surface area contributed by atoms with Crippen molar-refractivity contribution in [2.24, 2.45) is 0 Å². The van der Waals surface area contributed by atoms with Gasteiger partial charge in [0.05, 0.1) is 12.2 Å². The predicted octanol–water partition coefficient (Wildman–Crippen LogP) is 2.66. The number of hydrogen-bond acceptors (Lipinski definition) is 2. The van der Waals surface area contributed by atoms with Gasteiger partial charge in [0, 0.05) is 0 Å². The maximum Gasteiger partial charge on any atom is 0.163 e. The van der Waals surface area contributed by atoms with Crippen LogP contribution < -0.4 is 0 Å².